The Morgan fingerprint density at radius 3 is 2.53 bits per heavy atom. The number of carbonyl (C=O) groups excluding carboxylic acids is 1. The van der Waals surface area contributed by atoms with Crippen LogP contribution in [0.4, 0.5) is 0 Å². The summed E-state index contributed by atoms with van der Waals surface area (Å²) in [5.41, 5.74) is 1.49. The molecule has 2 aromatic heterocycles. The molecule has 2 rings (SSSR count). The van der Waals surface area contributed by atoms with Gasteiger partial charge in [-0.15, -0.1) is 22.7 Å². The minimum absolute atomic E-state index is 0.0770. The first-order chi connectivity index (χ1) is 7.08. The fraction of sp³-hybridized carbons (Fsp3) is 0.100. The second kappa shape index (κ2) is 4.49. The van der Waals surface area contributed by atoms with Crippen LogP contribution in [0.3, 0.4) is 0 Å². The lowest BCUT2D eigenvalue weighted by atomic mass is 10.1. The van der Waals surface area contributed by atoms with Crippen molar-refractivity contribution in [3.63, 3.8) is 0 Å². The van der Waals surface area contributed by atoms with Crippen LogP contribution >= 0.6 is 54.5 Å². The number of ketones is 1. The lowest BCUT2D eigenvalue weighted by Crippen LogP contribution is -1.97. The lowest BCUT2D eigenvalue weighted by molar-refractivity contribution is 0.103. The highest BCUT2D eigenvalue weighted by molar-refractivity contribution is 9.12. The van der Waals surface area contributed by atoms with Gasteiger partial charge in [0.25, 0.3) is 0 Å². The average Bonchev–Trinajstić information content (AvgIpc) is 2.71. The molecule has 15 heavy (non-hydrogen) atoms. The van der Waals surface area contributed by atoms with E-state index in [2.05, 4.69) is 31.9 Å². The van der Waals surface area contributed by atoms with Gasteiger partial charge in [0.05, 0.1) is 7.57 Å². The maximum Gasteiger partial charge on any atom is 0.195 e. The topological polar surface area (TPSA) is 17.1 Å². The molecular formula is C10H6Br2OS2. The van der Waals surface area contributed by atoms with E-state index in [-0.39, 0.29) is 5.78 Å². The summed E-state index contributed by atoms with van der Waals surface area (Å²) in [4.78, 5) is 13.2. The summed E-state index contributed by atoms with van der Waals surface area (Å²) in [6.45, 7) is 2.00. The van der Waals surface area contributed by atoms with Crippen molar-refractivity contribution in [3.05, 3.63) is 41.1 Å². The van der Waals surface area contributed by atoms with Gasteiger partial charge < -0.3 is 0 Å². The number of thiophene rings is 2. The van der Waals surface area contributed by atoms with Crippen LogP contribution in [-0.4, -0.2) is 5.78 Å². The Kier molecular flexibility index (Phi) is 3.45. The van der Waals surface area contributed by atoms with Crippen molar-refractivity contribution in [1.29, 1.82) is 0 Å². The van der Waals surface area contributed by atoms with Crippen molar-refractivity contribution in [2.75, 3.05) is 0 Å². The molecule has 0 saturated heterocycles. The van der Waals surface area contributed by atoms with Gasteiger partial charge in [0.2, 0.25) is 0 Å². The monoisotopic (exact) mass is 364 g/mol. The zero-order chi connectivity index (χ0) is 11.0. The summed E-state index contributed by atoms with van der Waals surface area (Å²) < 4.78 is 1.84. The molecule has 78 valence electrons. The zero-order valence-electron chi connectivity index (χ0n) is 7.71. The van der Waals surface area contributed by atoms with Crippen molar-refractivity contribution in [1.82, 2.24) is 0 Å². The van der Waals surface area contributed by atoms with E-state index in [4.69, 9.17) is 0 Å². The predicted octanol–water partition coefficient (Wildman–Crippen LogP) is 4.87. The van der Waals surface area contributed by atoms with Crippen molar-refractivity contribution >= 4 is 60.3 Å². The number of aryl methyl sites for hydroxylation is 1. The Hall–Kier alpha value is 0.0300. The molecule has 1 nitrogen and oxygen atoms in total. The van der Waals surface area contributed by atoms with E-state index < -0.39 is 0 Å². The van der Waals surface area contributed by atoms with Gasteiger partial charge in [0.1, 0.15) is 0 Å². The van der Waals surface area contributed by atoms with Crippen LogP contribution < -0.4 is 0 Å². The number of carbonyl (C=O) groups is 1. The van der Waals surface area contributed by atoms with Crippen LogP contribution in [0, 0.1) is 6.92 Å². The number of hydrogen-bond acceptors (Lipinski definition) is 3. The molecule has 2 aromatic rings. The number of rotatable bonds is 2. The summed E-state index contributed by atoms with van der Waals surface area (Å²) in [6.07, 6.45) is 0. The average molecular weight is 366 g/mol. The Morgan fingerprint density at radius 2 is 2.07 bits per heavy atom. The van der Waals surface area contributed by atoms with Gasteiger partial charge in [-0.2, -0.15) is 0 Å². The van der Waals surface area contributed by atoms with Crippen molar-refractivity contribution in [2.24, 2.45) is 0 Å². The van der Waals surface area contributed by atoms with Crippen LogP contribution in [0.15, 0.2) is 25.1 Å². The van der Waals surface area contributed by atoms with Crippen LogP contribution in [0.25, 0.3) is 0 Å². The van der Waals surface area contributed by atoms with Crippen molar-refractivity contribution < 1.29 is 4.79 Å². The Bertz CT molecular complexity index is 513. The van der Waals surface area contributed by atoms with Crippen LogP contribution in [0.2, 0.25) is 0 Å². The maximum absolute atomic E-state index is 12.1. The molecule has 0 bridgehead atoms. The first kappa shape index (κ1) is 11.5. The van der Waals surface area contributed by atoms with E-state index in [1.54, 1.807) is 11.3 Å². The third-order valence-corrected chi connectivity index (χ3v) is 5.09. The molecular weight excluding hydrogens is 360 g/mol. The van der Waals surface area contributed by atoms with E-state index in [0.717, 1.165) is 23.6 Å². The predicted molar refractivity (Wildman–Crippen MR) is 72.2 cm³/mol. The molecule has 0 aromatic carbocycles. The lowest BCUT2D eigenvalue weighted by Gasteiger charge is -1.94. The van der Waals surface area contributed by atoms with E-state index >= 15 is 0 Å². The summed E-state index contributed by atoms with van der Waals surface area (Å²) in [6, 6.07) is 3.77. The number of hydrogen-bond donors (Lipinski definition) is 0. The highest BCUT2D eigenvalue weighted by atomic mass is 79.9. The minimum Gasteiger partial charge on any atom is -0.289 e. The molecule has 0 atom stereocenters. The van der Waals surface area contributed by atoms with E-state index in [9.17, 15) is 4.79 Å². The molecule has 2 heterocycles. The molecule has 0 aliphatic carbocycles. The third kappa shape index (κ3) is 2.41. The SMILES string of the molecule is Cc1cc(C(=O)c2cc(Br)sc2Br)cs1. The fourth-order valence-corrected chi connectivity index (χ4v) is 4.69. The second-order valence-electron chi connectivity index (χ2n) is 3.01. The molecule has 0 N–H and O–H groups in total. The quantitative estimate of drug-likeness (QED) is 0.693. The molecule has 0 fully saturated rings. The van der Waals surface area contributed by atoms with Gasteiger partial charge in [0, 0.05) is 21.4 Å². The molecule has 5 heteroatoms. The van der Waals surface area contributed by atoms with Crippen molar-refractivity contribution in [2.45, 2.75) is 6.92 Å². The molecule has 0 saturated carbocycles. The van der Waals surface area contributed by atoms with E-state index in [0.29, 0.717) is 0 Å². The van der Waals surface area contributed by atoms with E-state index in [1.807, 2.05) is 24.4 Å². The number of halogens is 2. The Balaban J connectivity index is 2.40. The van der Waals surface area contributed by atoms with E-state index in [1.165, 1.54) is 11.3 Å². The van der Waals surface area contributed by atoms with Crippen LogP contribution in [-0.2, 0) is 0 Å². The fourth-order valence-electron chi connectivity index (χ4n) is 1.21. The first-order valence-electron chi connectivity index (χ1n) is 4.12. The molecule has 0 aliphatic heterocycles. The summed E-state index contributed by atoms with van der Waals surface area (Å²) in [7, 11) is 0. The molecule has 0 aliphatic rings. The molecule has 0 spiro atoms. The van der Waals surface area contributed by atoms with Gasteiger partial charge in [0.15, 0.2) is 5.78 Å². The molecule has 0 radical (unpaired) electrons. The zero-order valence-corrected chi connectivity index (χ0v) is 12.5. The third-order valence-electron chi connectivity index (χ3n) is 1.89. The normalized spacial score (nSPS) is 10.6. The largest absolute Gasteiger partial charge is 0.289 e. The minimum atomic E-state index is 0.0770. The smallest absolute Gasteiger partial charge is 0.195 e. The molecule has 0 unspecified atom stereocenters. The maximum atomic E-state index is 12.1. The van der Waals surface area contributed by atoms with Crippen molar-refractivity contribution in [3.8, 4) is 0 Å². The van der Waals surface area contributed by atoms with Gasteiger partial charge in [-0.3, -0.25) is 4.79 Å². The van der Waals surface area contributed by atoms with Crippen LogP contribution in [0.1, 0.15) is 20.8 Å². The first-order valence-corrected chi connectivity index (χ1v) is 7.41. The van der Waals surface area contributed by atoms with Gasteiger partial charge in [-0.25, -0.2) is 0 Å². The van der Waals surface area contributed by atoms with Crippen LogP contribution in [0.5, 0.6) is 0 Å². The standard InChI is InChI=1S/C10H6Br2OS2/c1-5-2-6(4-14-5)9(13)7-3-8(11)15-10(7)12/h2-4H,1H3. The highest BCUT2D eigenvalue weighted by Crippen LogP contribution is 2.33. The Labute approximate surface area is 112 Å². The van der Waals surface area contributed by atoms with Gasteiger partial charge in [-0.05, 0) is 50.9 Å². The summed E-state index contributed by atoms with van der Waals surface area (Å²) in [5, 5.41) is 1.90. The second-order valence-corrected chi connectivity index (χ2v) is 7.88. The van der Waals surface area contributed by atoms with Gasteiger partial charge >= 0.3 is 0 Å². The summed E-state index contributed by atoms with van der Waals surface area (Å²) in [5.74, 6) is 0.0770. The Morgan fingerprint density at radius 1 is 1.33 bits per heavy atom. The molecule has 0 amide bonds. The summed E-state index contributed by atoms with van der Waals surface area (Å²) >= 11 is 9.87. The highest BCUT2D eigenvalue weighted by Gasteiger charge is 2.16. The van der Waals surface area contributed by atoms with Gasteiger partial charge in [-0.1, -0.05) is 0 Å².